The zero-order chi connectivity index (χ0) is 14.7. The van der Waals surface area contributed by atoms with Crippen LogP contribution in [0.2, 0.25) is 0 Å². The van der Waals surface area contributed by atoms with Crippen molar-refractivity contribution in [2.75, 3.05) is 13.7 Å². The summed E-state index contributed by atoms with van der Waals surface area (Å²) < 4.78 is 6.71. The van der Waals surface area contributed by atoms with E-state index in [-0.39, 0.29) is 18.5 Å². The number of amides is 1. The van der Waals surface area contributed by atoms with Crippen molar-refractivity contribution in [3.05, 3.63) is 24.0 Å². The third-order valence-electron chi connectivity index (χ3n) is 3.88. The van der Waals surface area contributed by atoms with E-state index in [9.17, 15) is 9.59 Å². The minimum absolute atomic E-state index is 0.0111. The normalized spacial score (nSPS) is 15.0. The molecule has 1 aromatic heterocycles. The lowest BCUT2D eigenvalue weighted by molar-refractivity contribution is -0.141. The lowest BCUT2D eigenvalue weighted by atomic mass is 9.93. The predicted octanol–water partition coefficient (Wildman–Crippen LogP) is 2.24. The molecule has 0 N–H and O–H groups in total. The summed E-state index contributed by atoms with van der Waals surface area (Å²) in [5, 5.41) is 0. The fourth-order valence-corrected chi connectivity index (χ4v) is 2.40. The number of esters is 1. The van der Waals surface area contributed by atoms with Crippen molar-refractivity contribution >= 4 is 11.9 Å². The number of hydrogen-bond acceptors (Lipinski definition) is 3. The van der Waals surface area contributed by atoms with Gasteiger partial charge in [0, 0.05) is 18.3 Å². The van der Waals surface area contributed by atoms with Crippen molar-refractivity contribution in [3.63, 3.8) is 0 Å². The number of aromatic nitrogens is 1. The fourth-order valence-electron chi connectivity index (χ4n) is 2.40. The van der Waals surface area contributed by atoms with Crippen LogP contribution in [0, 0.1) is 0 Å². The van der Waals surface area contributed by atoms with Gasteiger partial charge in [0.1, 0.15) is 12.2 Å². The molecule has 1 fully saturated rings. The first-order chi connectivity index (χ1) is 9.54. The fraction of sp³-hybridized carbons (Fsp3) is 0.600. The van der Waals surface area contributed by atoms with Gasteiger partial charge >= 0.3 is 5.97 Å². The maximum absolute atomic E-state index is 12.7. The van der Waals surface area contributed by atoms with Gasteiger partial charge in [-0.25, -0.2) is 0 Å². The van der Waals surface area contributed by atoms with Gasteiger partial charge in [-0.3, -0.25) is 9.59 Å². The van der Waals surface area contributed by atoms with Crippen LogP contribution in [0.3, 0.4) is 0 Å². The highest BCUT2D eigenvalue weighted by Crippen LogP contribution is 2.33. The first-order valence-electron chi connectivity index (χ1n) is 7.09. The molecule has 0 atom stereocenters. The Kier molecular flexibility index (Phi) is 4.47. The second-order valence-corrected chi connectivity index (χ2v) is 5.49. The molecule has 1 heterocycles. The summed E-state index contributed by atoms with van der Waals surface area (Å²) in [4.78, 5) is 25.7. The Labute approximate surface area is 119 Å². The molecule has 5 heteroatoms. The Morgan fingerprint density at radius 3 is 2.65 bits per heavy atom. The van der Waals surface area contributed by atoms with Crippen LogP contribution in [0.25, 0.3) is 0 Å². The SMILES string of the molecule is COC(=O)CN(C(=O)c1cccn1C1CCC1)C(C)C. The highest BCUT2D eigenvalue weighted by Gasteiger charge is 2.28. The lowest BCUT2D eigenvalue weighted by Crippen LogP contribution is -2.42. The van der Waals surface area contributed by atoms with Crippen LogP contribution >= 0.6 is 0 Å². The summed E-state index contributed by atoms with van der Waals surface area (Å²) >= 11 is 0. The van der Waals surface area contributed by atoms with Crippen molar-refractivity contribution in [2.45, 2.75) is 45.2 Å². The van der Waals surface area contributed by atoms with E-state index in [1.54, 1.807) is 4.90 Å². The van der Waals surface area contributed by atoms with Gasteiger partial charge in [-0.1, -0.05) is 0 Å². The number of ether oxygens (including phenoxy) is 1. The van der Waals surface area contributed by atoms with E-state index in [1.165, 1.54) is 13.5 Å². The molecule has 0 saturated heterocycles. The average molecular weight is 278 g/mol. The smallest absolute Gasteiger partial charge is 0.325 e. The molecule has 110 valence electrons. The summed E-state index contributed by atoms with van der Waals surface area (Å²) in [6.07, 6.45) is 5.40. The molecule has 0 aromatic carbocycles. The molecule has 1 aliphatic rings. The largest absolute Gasteiger partial charge is 0.468 e. The van der Waals surface area contributed by atoms with E-state index in [1.807, 2.05) is 36.7 Å². The van der Waals surface area contributed by atoms with Gasteiger partial charge in [-0.15, -0.1) is 0 Å². The molecule has 0 radical (unpaired) electrons. The molecule has 0 bridgehead atoms. The van der Waals surface area contributed by atoms with Crippen molar-refractivity contribution < 1.29 is 14.3 Å². The molecule has 1 aliphatic carbocycles. The van der Waals surface area contributed by atoms with Gasteiger partial charge in [0.05, 0.1) is 7.11 Å². The Balaban J connectivity index is 2.18. The topological polar surface area (TPSA) is 51.5 Å². The van der Waals surface area contributed by atoms with E-state index in [0.29, 0.717) is 11.7 Å². The van der Waals surface area contributed by atoms with Gasteiger partial charge in [-0.2, -0.15) is 0 Å². The molecule has 0 aliphatic heterocycles. The summed E-state index contributed by atoms with van der Waals surface area (Å²) in [7, 11) is 1.34. The molecular formula is C15H22N2O3. The first kappa shape index (κ1) is 14.6. The second kappa shape index (κ2) is 6.11. The predicted molar refractivity (Wildman–Crippen MR) is 75.5 cm³/mol. The van der Waals surface area contributed by atoms with Crippen molar-refractivity contribution in [2.24, 2.45) is 0 Å². The number of methoxy groups -OCH3 is 1. The minimum Gasteiger partial charge on any atom is -0.468 e. The zero-order valence-electron chi connectivity index (χ0n) is 12.3. The zero-order valence-corrected chi connectivity index (χ0v) is 12.3. The monoisotopic (exact) mass is 278 g/mol. The number of carbonyl (C=O) groups is 2. The van der Waals surface area contributed by atoms with Crippen molar-refractivity contribution in [3.8, 4) is 0 Å². The molecular weight excluding hydrogens is 256 g/mol. The third-order valence-corrected chi connectivity index (χ3v) is 3.88. The van der Waals surface area contributed by atoms with Crippen molar-refractivity contribution in [1.29, 1.82) is 0 Å². The van der Waals surface area contributed by atoms with Crippen LogP contribution in [0.5, 0.6) is 0 Å². The van der Waals surface area contributed by atoms with E-state index in [4.69, 9.17) is 0 Å². The number of carbonyl (C=O) groups excluding carboxylic acids is 2. The van der Waals surface area contributed by atoms with E-state index in [2.05, 4.69) is 4.74 Å². The maximum atomic E-state index is 12.7. The quantitative estimate of drug-likeness (QED) is 0.776. The molecule has 1 amide bonds. The molecule has 0 unspecified atom stereocenters. The van der Waals surface area contributed by atoms with Crippen LogP contribution in [-0.4, -0.2) is 41.0 Å². The van der Waals surface area contributed by atoms with E-state index >= 15 is 0 Å². The Hall–Kier alpha value is -1.78. The Morgan fingerprint density at radius 2 is 2.15 bits per heavy atom. The summed E-state index contributed by atoms with van der Waals surface area (Å²) in [6, 6.07) is 4.10. The highest BCUT2D eigenvalue weighted by atomic mass is 16.5. The molecule has 5 nitrogen and oxygen atoms in total. The lowest BCUT2D eigenvalue weighted by Gasteiger charge is -2.31. The number of hydrogen-bond donors (Lipinski definition) is 0. The van der Waals surface area contributed by atoms with Crippen LogP contribution in [0.15, 0.2) is 18.3 Å². The van der Waals surface area contributed by atoms with Crippen LogP contribution < -0.4 is 0 Å². The number of nitrogens with zero attached hydrogens (tertiary/aromatic N) is 2. The summed E-state index contributed by atoms with van der Waals surface area (Å²) in [5.74, 6) is -0.504. The van der Waals surface area contributed by atoms with Gasteiger partial charge in [0.15, 0.2) is 0 Å². The maximum Gasteiger partial charge on any atom is 0.325 e. The van der Waals surface area contributed by atoms with E-state index in [0.717, 1.165) is 12.8 Å². The van der Waals surface area contributed by atoms with Gasteiger partial charge in [-0.05, 0) is 45.2 Å². The van der Waals surface area contributed by atoms with Gasteiger partial charge in [0.25, 0.3) is 5.91 Å². The molecule has 1 aromatic rings. The van der Waals surface area contributed by atoms with E-state index < -0.39 is 5.97 Å². The molecule has 0 spiro atoms. The standard InChI is InChI=1S/C15H22N2O3/c1-11(2)17(10-14(18)20-3)15(19)13-8-5-9-16(13)12-6-4-7-12/h5,8-9,11-12H,4,6-7,10H2,1-3H3. The first-order valence-corrected chi connectivity index (χ1v) is 7.09. The number of rotatable bonds is 5. The van der Waals surface area contributed by atoms with Gasteiger partial charge < -0.3 is 14.2 Å². The third kappa shape index (κ3) is 2.86. The van der Waals surface area contributed by atoms with Crippen LogP contribution in [0.1, 0.15) is 49.6 Å². The second-order valence-electron chi connectivity index (χ2n) is 5.49. The average Bonchev–Trinajstić information content (AvgIpc) is 2.81. The van der Waals surface area contributed by atoms with Crippen LogP contribution in [0.4, 0.5) is 0 Å². The minimum atomic E-state index is -0.395. The Morgan fingerprint density at radius 1 is 1.45 bits per heavy atom. The molecule has 1 saturated carbocycles. The highest BCUT2D eigenvalue weighted by molar-refractivity contribution is 5.95. The summed E-state index contributed by atoms with van der Waals surface area (Å²) in [5.41, 5.74) is 0.660. The van der Waals surface area contributed by atoms with Crippen LogP contribution in [-0.2, 0) is 9.53 Å². The Bertz CT molecular complexity index is 489. The molecule has 20 heavy (non-hydrogen) atoms. The van der Waals surface area contributed by atoms with Gasteiger partial charge in [0.2, 0.25) is 0 Å². The van der Waals surface area contributed by atoms with Crippen molar-refractivity contribution in [1.82, 2.24) is 9.47 Å². The molecule has 2 rings (SSSR count). The summed E-state index contributed by atoms with van der Waals surface area (Å²) in [6.45, 7) is 3.79.